The molecule has 2 rings (SSSR count). The molecule has 0 heterocycles. The van der Waals surface area contributed by atoms with E-state index in [4.69, 9.17) is 0 Å². The fourth-order valence-electron chi connectivity index (χ4n) is 1.55. The minimum atomic E-state index is -0.0900. The van der Waals surface area contributed by atoms with Crippen molar-refractivity contribution < 1.29 is 29.1 Å². The van der Waals surface area contributed by atoms with E-state index in [9.17, 15) is 9.59 Å². The molecule has 2 aromatic rings. The molecule has 0 bridgehead atoms. The van der Waals surface area contributed by atoms with E-state index in [1.165, 1.54) is 9.80 Å². The molecule has 0 unspecified atom stereocenters. The smallest absolute Gasteiger partial charge is 0.197 e. The van der Waals surface area contributed by atoms with Gasteiger partial charge in [-0.25, -0.2) is 6.07 Å². The normalized spacial score (nSPS) is 8.95. The second-order valence-corrected chi connectivity index (χ2v) is 4.75. The van der Waals surface area contributed by atoms with Crippen LogP contribution in [0.2, 0.25) is 0 Å². The zero-order valence-corrected chi connectivity index (χ0v) is 14.4. The third kappa shape index (κ3) is 6.05. The van der Waals surface area contributed by atoms with E-state index < -0.39 is 0 Å². The molecule has 21 heavy (non-hydrogen) atoms. The van der Waals surface area contributed by atoms with Crippen LogP contribution in [0.1, 0.15) is 20.7 Å². The molecule has 0 aliphatic rings. The number of rotatable bonds is 2. The van der Waals surface area contributed by atoms with Gasteiger partial charge in [0.1, 0.15) is 0 Å². The van der Waals surface area contributed by atoms with Crippen LogP contribution in [0.15, 0.2) is 48.5 Å². The maximum Gasteiger partial charge on any atom is 0.197 e. The summed E-state index contributed by atoms with van der Waals surface area (Å²) in [6.07, 6.45) is 0. The summed E-state index contributed by atoms with van der Waals surface area (Å²) in [5.41, 5.74) is 1.09. The zero-order chi connectivity index (χ0) is 15.1. The quantitative estimate of drug-likeness (QED) is 0.598. The summed E-state index contributed by atoms with van der Waals surface area (Å²) in [5, 5.41) is 0. The molecule has 0 N–H and O–H groups in total. The Labute approximate surface area is 138 Å². The average Bonchev–Trinajstić information content (AvgIpc) is 3.10. The predicted octanol–water partition coefficient (Wildman–Crippen LogP) is 2.21. The summed E-state index contributed by atoms with van der Waals surface area (Å²) in [6.45, 7) is 0. The van der Waals surface area contributed by atoms with E-state index in [-0.39, 0.29) is 31.3 Å². The van der Waals surface area contributed by atoms with Gasteiger partial charge in [0.05, 0.1) is 0 Å². The molecule has 2 amide bonds. The van der Waals surface area contributed by atoms with Gasteiger partial charge >= 0.3 is 0 Å². The predicted molar refractivity (Wildman–Crippen MR) is 80.1 cm³/mol. The van der Waals surface area contributed by atoms with Crippen LogP contribution < -0.4 is 0 Å². The van der Waals surface area contributed by atoms with Gasteiger partial charge < -0.3 is 40.1 Å². The van der Waals surface area contributed by atoms with Crippen molar-refractivity contribution in [2.24, 2.45) is 0 Å². The second kappa shape index (κ2) is 9.25. The van der Waals surface area contributed by atoms with Crippen molar-refractivity contribution in [1.82, 2.24) is 9.80 Å². The van der Waals surface area contributed by atoms with Crippen molar-refractivity contribution in [1.29, 1.82) is 0 Å². The van der Waals surface area contributed by atoms with Crippen LogP contribution in [0.5, 0.6) is 0 Å². The fraction of sp³-hybridized carbons (Fsp3) is 0.250. The zero-order valence-electron chi connectivity index (χ0n) is 12.7. The third-order valence-corrected chi connectivity index (χ3v) is 2.62. The van der Waals surface area contributed by atoms with E-state index in [0.717, 1.165) is 0 Å². The number of nitrogens with zero attached hydrogens (tertiary/aromatic N) is 2. The molecule has 4 nitrogen and oxygen atoms in total. The van der Waals surface area contributed by atoms with Crippen LogP contribution in [-0.2, 0) is 19.5 Å². The van der Waals surface area contributed by atoms with Gasteiger partial charge in [0.25, 0.3) is 0 Å². The Morgan fingerprint density at radius 3 is 1.81 bits per heavy atom. The van der Waals surface area contributed by atoms with Crippen molar-refractivity contribution in [3.05, 3.63) is 59.7 Å². The molecule has 2 aromatic carbocycles. The molecule has 5 heteroatoms. The first-order valence-electron chi connectivity index (χ1n) is 6.30. The van der Waals surface area contributed by atoms with Crippen molar-refractivity contribution >= 4 is 11.8 Å². The second-order valence-electron chi connectivity index (χ2n) is 4.75. The van der Waals surface area contributed by atoms with E-state index in [1.807, 2.05) is 30.3 Å². The van der Waals surface area contributed by atoms with Gasteiger partial charge in [-0.05, 0) is 0 Å². The van der Waals surface area contributed by atoms with Crippen LogP contribution in [0.3, 0.4) is 0 Å². The van der Waals surface area contributed by atoms with Crippen LogP contribution in [-0.4, -0.2) is 49.8 Å². The Kier molecular flexibility index (Phi) is 8.48. The molecule has 0 aliphatic heterocycles. The molecule has 0 radical (unpaired) electrons. The van der Waals surface area contributed by atoms with E-state index in [0.29, 0.717) is 11.1 Å². The van der Waals surface area contributed by atoms with Gasteiger partial charge in [0.15, 0.2) is 11.8 Å². The van der Waals surface area contributed by atoms with Crippen molar-refractivity contribution in [2.45, 2.75) is 0 Å². The van der Waals surface area contributed by atoms with Gasteiger partial charge in [-0.3, -0.25) is 9.59 Å². The number of hydrogen-bond acceptors (Lipinski definition) is 2. The summed E-state index contributed by atoms with van der Waals surface area (Å²) in [6, 6.07) is 14.9. The number of carbonyl (C=O) groups is 2. The van der Waals surface area contributed by atoms with Crippen molar-refractivity contribution in [2.75, 3.05) is 28.2 Å². The molecule has 0 fully saturated rings. The topological polar surface area (TPSA) is 40.6 Å². The first-order chi connectivity index (χ1) is 9.43. The summed E-state index contributed by atoms with van der Waals surface area (Å²) >= 11 is 0. The molecular formula is C16H20N2O2Ru-6. The molecule has 0 aliphatic carbocycles. The average molecular weight is 373 g/mol. The summed E-state index contributed by atoms with van der Waals surface area (Å²) in [4.78, 5) is 26.1. The Bertz CT molecular complexity index is 491. The molecule has 0 saturated heterocycles. The number of hydrogen-bond donors (Lipinski definition) is 0. The summed E-state index contributed by atoms with van der Waals surface area (Å²) in [7, 11) is 6.73. The minimum Gasteiger partial charge on any atom is -0.748 e. The Morgan fingerprint density at radius 2 is 1.43 bits per heavy atom. The Hall–Kier alpha value is -1.74. The van der Waals surface area contributed by atoms with Crippen LogP contribution >= 0.6 is 0 Å². The Balaban J connectivity index is 0.000000562. The van der Waals surface area contributed by atoms with Crippen LogP contribution in [0, 0.1) is 0 Å². The summed E-state index contributed by atoms with van der Waals surface area (Å²) < 4.78 is 0. The van der Waals surface area contributed by atoms with Gasteiger partial charge in [-0.2, -0.15) is 12.1 Å². The minimum absolute atomic E-state index is 0. The molecule has 0 saturated carbocycles. The Morgan fingerprint density at radius 1 is 0.952 bits per heavy atom. The van der Waals surface area contributed by atoms with E-state index in [2.05, 4.69) is 0 Å². The van der Waals surface area contributed by atoms with Gasteiger partial charge in [-0.15, -0.1) is 5.56 Å². The molecular weight excluding hydrogens is 353 g/mol. The fourth-order valence-corrected chi connectivity index (χ4v) is 1.55. The van der Waals surface area contributed by atoms with Gasteiger partial charge in [-0.1, -0.05) is 5.56 Å². The SMILES string of the molecule is CN(C)C(=O)c1cc[c-](C(=O)N(C)C)c1.[Ru].[cH-]1[cH-][cH-][cH-][cH-]1. The van der Waals surface area contributed by atoms with Gasteiger partial charge in [0, 0.05) is 47.7 Å². The maximum absolute atomic E-state index is 11.6. The summed E-state index contributed by atoms with van der Waals surface area (Å²) in [5.74, 6) is -0.180. The molecule has 0 atom stereocenters. The third-order valence-electron chi connectivity index (χ3n) is 2.62. The van der Waals surface area contributed by atoms with Gasteiger partial charge in [0.2, 0.25) is 0 Å². The first kappa shape index (κ1) is 19.3. The standard InChI is InChI=1S/C11H15N2O2.C5H5.Ru/c1-12(2)10(14)8-5-6-9(7-8)11(15)13(3)4;1-2-4-5-3-1;/h5-7H,1-4H3;1-5H;/q-1;-5;. The van der Waals surface area contributed by atoms with E-state index in [1.54, 1.807) is 46.4 Å². The number of carbonyl (C=O) groups excluding carboxylic acids is 2. The first-order valence-corrected chi connectivity index (χ1v) is 6.30. The molecule has 0 aromatic heterocycles. The largest absolute Gasteiger partial charge is 0.748 e. The van der Waals surface area contributed by atoms with Crippen LogP contribution in [0.25, 0.3) is 0 Å². The maximum atomic E-state index is 11.6. The molecule has 120 valence electrons. The molecule has 0 spiro atoms. The van der Waals surface area contributed by atoms with Crippen molar-refractivity contribution in [3.8, 4) is 0 Å². The monoisotopic (exact) mass is 374 g/mol. The van der Waals surface area contributed by atoms with Crippen LogP contribution in [0.4, 0.5) is 0 Å². The van der Waals surface area contributed by atoms with E-state index >= 15 is 0 Å². The van der Waals surface area contributed by atoms with Crippen molar-refractivity contribution in [3.63, 3.8) is 0 Å². The number of amides is 2.